The molecule has 1 aliphatic carbocycles. The van der Waals surface area contributed by atoms with E-state index in [0.717, 1.165) is 57.4 Å². The Bertz CT molecular complexity index is 1070. The summed E-state index contributed by atoms with van der Waals surface area (Å²) in [6.07, 6.45) is 6.14. The summed E-state index contributed by atoms with van der Waals surface area (Å²) in [5, 5.41) is 6.31. The average Bonchev–Trinajstić information content (AvgIpc) is 2.90. The average molecular weight is 488 g/mol. The first-order valence-corrected chi connectivity index (χ1v) is 13.3. The number of morpholine rings is 1. The van der Waals surface area contributed by atoms with Gasteiger partial charge in [0.25, 0.3) is 5.91 Å². The van der Waals surface area contributed by atoms with Crippen molar-refractivity contribution in [3.05, 3.63) is 77.0 Å². The molecule has 0 aromatic heterocycles. The highest BCUT2D eigenvalue weighted by Gasteiger charge is 2.40. The number of fused-ring (bicyclic) bond motifs is 1. The largest absolute Gasteiger partial charge is 0.483 e. The van der Waals surface area contributed by atoms with Crippen LogP contribution in [-0.2, 0) is 20.9 Å². The van der Waals surface area contributed by atoms with Gasteiger partial charge in [0, 0.05) is 19.0 Å². The molecule has 6 nitrogen and oxygen atoms in total. The molecule has 5 rings (SSSR count). The first-order valence-electron chi connectivity index (χ1n) is 13.3. The van der Waals surface area contributed by atoms with Gasteiger partial charge in [0.05, 0.1) is 6.04 Å². The Morgan fingerprint density at radius 3 is 2.56 bits per heavy atom. The molecule has 0 radical (unpaired) electrons. The van der Waals surface area contributed by atoms with Crippen molar-refractivity contribution in [2.24, 2.45) is 11.8 Å². The van der Waals surface area contributed by atoms with Crippen LogP contribution in [0.5, 0.6) is 0 Å². The summed E-state index contributed by atoms with van der Waals surface area (Å²) >= 11 is 0. The zero-order chi connectivity index (χ0) is 24.9. The second kappa shape index (κ2) is 11.3. The van der Waals surface area contributed by atoms with Gasteiger partial charge in [-0.3, -0.25) is 14.5 Å². The van der Waals surface area contributed by atoms with Gasteiger partial charge >= 0.3 is 0 Å². The maximum atomic E-state index is 12.9. The molecule has 2 heterocycles. The Morgan fingerprint density at radius 2 is 1.81 bits per heavy atom. The van der Waals surface area contributed by atoms with E-state index in [2.05, 4.69) is 46.7 Å². The molecule has 2 amide bonds. The fourth-order valence-electron chi connectivity index (χ4n) is 5.62. The van der Waals surface area contributed by atoms with Crippen LogP contribution in [-0.4, -0.2) is 48.5 Å². The van der Waals surface area contributed by atoms with Gasteiger partial charge in [-0.15, -0.1) is 0 Å². The molecular weight excluding hydrogens is 450 g/mol. The molecular formula is C30H37N3O3. The molecule has 3 atom stereocenters. The minimum absolute atomic E-state index is 0.0698. The van der Waals surface area contributed by atoms with E-state index in [0.29, 0.717) is 18.1 Å². The number of benzene rings is 2. The molecule has 2 aromatic carbocycles. The molecule has 2 N–H and O–H groups in total. The lowest BCUT2D eigenvalue weighted by atomic mass is 9.82. The number of hydrogen-bond acceptors (Lipinski definition) is 4. The van der Waals surface area contributed by atoms with Crippen molar-refractivity contribution in [2.75, 3.05) is 19.6 Å². The highest BCUT2D eigenvalue weighted by atomic mass is 16.5. The Kier molecular flexibility index (Phi) is 7.71. The third-order valence-electron chi connectivity index (χ3n) is 7.87. The smallest absolute Gasteiger partial charge is 0.286 e. The van der Waals surface area contributed by atoms with Gasteiger partial charge in [-0.25, -0.2) is 0 Å². The predicted octanol–water partition coefficient (Wildman–Crippen LogP) is 4.05. The second-order valence-electron chi connectivity index (χ2n) is 10.6. The van der Waals surface area contributed by atoms with Gasteiger partial charge in [-0.2, -0.15) is 0 Å². The van der Waals surface area contributed by atoms with Crippen LogP contribution in [0.25, 0.3) is 6.08 Å². The number of carbonyl (C=O) groups excluding carboxylic acids is 2. The van der Waals surface area contributed by atoms with E-state index in [1.165, 1.54) is 11.1 Å². The highest BCUT2D eigenvalue weighted by molar-refractivity contribution is 5.96. The number of hydrogen-bond donors (Lipinski definition) is 2. The van der Waals surface area contributed by atoms with Crippen LogP contribution in [0.15, 0.2) is 60.4 Å². The number of ether oxygens (including phenoxy) is 1. The Hall–Kier alpha value is -3.12. The van der Waals surface area contributed by atoms with E-state index in [1.54, 1.807) is 6.08 Å². The minimum Gasteiger partial charge on any atom is -0.483 e. The number of likely N-dealkylation sites (tertiary alicyclic amines) is 1. The van der Waals surface area contributed by atoms with Gasteiger partial charge in [-0.05, 0) is 75.2 Å². The molecule has 0 bridgehead atoms. The number of carbonyl (C=O) groups is 2. The number of amides is 2. The van der Waals surface area contributed by atoms with Crippen molar-refractivity contribution in [1.82, 2.24) is 15.5 Å². The van der Waals surface area contributed by atoms with Crippen LogP contribution in [0.1, 0.15) is 48.8 Å². The summed E-state index contributed by atoms with van der Waals surface area (Å²) in [4.78, 5) is 28.1. The number of aryl methyl sites for hydroxylation is 1. The topological polar surface area (TPSA) is 70.7 Å². The number of piperidine rings is 1. The van der Waals surface area contributed by atoms with Gasteiger partial charge in [0.15, 0.2) is 5.76 Å². The van der Waals surface area contributed by atoms with E-state index in [9.17, 15) is 9.59 Å². The lowest BCUT2D eigenvalue weighted by Gasteiger charge is -2.40. The van der Waals surface area contributed by atoms with E-state index in [1.807, 2.05) is 30.3 Å². The van der Waals surface area contributed by atoms with E-state index < -0.39 is 0 Å². The van der Waals surface area contributed by atoms with E-state index >= 15 is 0 Å². The van der Waals surface area contributed by atoms with Crippen LogP contribution < -0.4 is 10.6 Å². The molecule has 2 aromatic rings. The molecule has 3 aliphatic rings. The molecule has 36 heavy (non-hydrogen) atoms. The number of rotatable bonds is 6. The summed E-state index contributed by atoms with van der Waals surface area (Å²) in [6.45, 7) is 6.01. The summed E-state index contributed by atoms with van der Waals surface area (Å²) in [6, 6.07) is 18.4. The zero-order valence-corrected chi connectivity index (χ0v) is 21.1. The summed E-state index contributed by atoms with van der Waals surface area (Å²) in [5.41, 5.74) is 3.60. The minimum atomic E-state index is -0.196. The molecule has 190 valence electrons. The highest BCUT2D eigenvalue weighted by Crippen LogP contribution is 2.31. The van der Waals surface area contributed by atoms with Crippen LogP contribution in [0, 0.1) is 18.8 Å². The molecule has 3 fully saturated rings. The van der Waals surface area contributed by atoms with Gasteiger partial charge in [0.2, 0.25) is 5.91 Å². The summed E-state index contributed by atoms with van der Waals surface area (Å²) < 4.78 is 6.06. The van der Waals surface area contributed by atoms with Crippen LogP contribution in [0.4, 0.5) is 0 Å². The monoisotopic (exact) mass is 487 g/mol. The summed E-state index contributed by atoms with van der Waals surface area (Å²) in [5.74, 6) is 0.743. The standard InChI is InChI=1S/C30H37N3O3/c1-21-7-9-24(10-8-21)20-33-15-13-23(14-16-33)19-31-29(34)25-11-12-27-26(18-25)32-30(35)28(36-27)17-22-5-3-2-4-6-22/h2-10,17,23,25-27H,11-16,18-20H2,1H3,(H,31,34)(H,32,35)/b28-17-. The van der Waals surface area contributed by atoms with E-state index in [-0.39, 0.29) is 29.9 Å². The Morgan fingerprint density at radius 1 is 1.06 bits per heavy atom. The van der Waals surface area contributed by atoms with Crippen LogP contribution >= 0.6 is 0 Å². The SMILES string of the molecule is Cc1ccc(CN2CCC(CNC(=O)C3CCC4O/C(=C\c5ccccc5)C(=O)NC4C3)CC2)cc1. The lowest BCUT2D eigenvalue weighted by Crippen LogP contribution is -2.55. The third-order valence-corrected chi connectivity index (χ3v) is 7.87. The maximum Gasteiger partial charge on any atom is 0.286 e. The van der Waals surface area contributed by atoms with Crippen molar-refractivity contribution in [1.29, 1.82) is 0 Å². The van der Waals surface area contributed by atoms with Crippen LogP contribution in [0.3, 0.4) is 0 Å². The normalized spacial score (nSPS) is 26.1. The molecule has 2 aliphatic heterocycles. The Labute approximate surface area is 214 Å². The number of nitrogens with zero attached hydrogens (tertiary/aromatic N) is 1. The predicted molar refractivity (Wildman–Crippen MR) is 141 cm³/mol. The van der Waals surface area contributed by atoms with Gasteiger partial charge in [0.1, 0.15) is 6.10 Å². The van der Waals surface area contributed by atoms with Gasteiger partial charge < -0.3 is 15.4 Å². The molecule has 3 unspecified atom stereocenters. The fourth-order valence-corrected chi connectivity index (χ4v) is 5.62. The van der Waals surface area contributed by atoms with Crippen molar-refractivity contribution in [3.8, 4) is 0 Å². The second-order valence-corrected chi connectivity index (χ2v) is 10.6. The lowest BCUT2D eigenvalue weighted by molar-refractivity contribution is -0.135. The Balaban J connectivity index is 1.05. The first-order chi connectivity index (χ1) is 17.5. The molecule has 2 saturated heterocycles. The third kappa shape index (κ3) is 6.16. The van der Waals surface area contributed by atoms with Crippen LogP contribution in [0.2, 0.25) is 0 Å². The molecule has 1 saturated carbocycles. The van der Waals surface area contributed by atoms with Crippen molar-refractivity contribution < 1.29 is 14.3 Å². The molecule has 0 spiro atoms. The number of nitrogens with one attached hydrogen (secondary N) is 2. The van der Waals surface area contributed by atoms with Crippen molar-refractivity contribution in [2.45, 2.75) is 57.7 Å². The molecule has 6 heteroatoms. The maximum absolute atomic E-state index is 12.9. The zero-order valence-electron chi connectivity index (χ0n) is 21.1. The van der Waals surface area contributed by atoms with Crippen molar-refractivity contribution >= 4 is 17.9 Å². The fraction of sp³-hybridized carbons (Fsp3) is 0.467. The van der Waals surface area contributed by atoms with E-state index in [4.69, 9.17) is 4.74 Å². The van der Waals surface area contributed by atoms with Gasteiger partial charge in [-0.1, -0.05) is 60.2 Å². The quantitative estimate of drug-likeness (QED) is 0.603. The van der Waals surface area contributed by atoms with Crippen molar-refractivity contribution in [3.63, 3.8) is 0 Å². The summed E-state index contributed by atoms with van der Waals surface area (Å²) in [7, 11) is 0. The first kappa shape index (κ1) is 24.6.